The molecule has 1 atom stereocenters. The lowest BCUT2D eigenvalue weighted by atomic mass is 10.00. The molecule has 0 N–H and O–H groups in total. The molecular weight excluding hydrogens is 540 g/mol. The molecule has 1 fully saturated rings. The van der Waals surface area contributed by atoms with Crippen LogP contribution < -0.4 is 4.74 Å². The Balaban J connectivity index is 1.76. The Hall–Kier alpha value is -2.50. The number of esters is 1. The third kappa shape index (κ3) is 8.25. The summed E-state index contributed by atoms with van der Waals surface area (Å²) in [6.45, 7) is 5.53. The maximum atomic E-state index is 14.0. The zero-order chi connectivity index (χ0) is 28.3. The molecule has 2 aromatic carbocycles. The third-order valence-electron chi connectivity index (χ3n) is 5.69. The van der Waals surface area contributed by atoms with Gasteiger partial charge in [0.25, 0.3) is 0 Å². The van der Waals surface area contributed by atoms with Crippen molar-refractivity contribution in [2.24, 2.45) is 0 Å². The first kappa shape index (κ1) is 30.0. The normalized spacial score (nSPS) is 17.4. The van der Waals surface area contributed by atoms with Crippen LogP contribution in [0.3, 0.4) is 0 Å². The van der Waals surface area contributed by atoms with Gasteiger partial charge in [-0.3, -0.25) is 9.69 Å². The number of halogens is 7. The van der Waals surface area contributed by atoms with E-state index in [9.17, 15) is 31.1 Å². The van der Waals surface area contributed by atoms with Gasteiger partial charge in [-0.1, -0.05) is 23.7 Å². The molecule has 5 nitrogen and oxygen atoms in total. The average Bonchev–Trinajstić information content (AvgIpc) is 2.79. The molecule has 1 saturated heterocycles. The number of carbonyl (C=O) groups is 1. The molecule has 0 aliphatic carbocycles. The summed E-state index contributed by atoms with van der Waals surface area (Å²) in [4.78, 5) is 13.8. The number of nitrogens with zero attached hydrogens (tertiary/aromatic N) is 1. The van der Waals surface area contributed by atoms with Gasteiger partial charge in [0.05, 0.1) is 30.3 Å². The maximum absolute atomic E-state index is 14.0. The fourth-order valence-corrected chi connectivity index (χ4v) is 4.24. The second kappa shape index (κ2) is 11.7. The topological polar surface area (TPSA) is 48.0 Å². The molecule has 0 radical (unpaired) electrons. The Bertz CT molecular complexity index is 1130. The van der Waals surface area contributed by atoms with Crippen LogP contribution in [0.15, 0.2) is 36.4 Å². The van der Waals surface area contributed by atoms with Crippen LogP contribution in [0, 0.1) is 0 Å². The van der Waals surface area contributed by atoms with E-state index in [1.807, 2.05) is 4.90 Å². The Labute approximate surface area is 221 Å². The summed E-state index contributed by atoms with van der Waals surface area (Å²) in [5.41, 5.74) is -3.21. The Morgan fingerprint density at radius 2 is 1.74 bits per heavy atom. The number of morpholine rings is 1. The zero-order valence-electron chi connectivity index (χ0n) is 21.0. The lowest BCUT2D eigenvalue weighted by molar-refractivity contribution is -0.155. The van der Waals surface area contributed by atoms with Gasteiger partial charge in [0.2, 0.25) is 0 Å². The van der Waals surface area contributed by atoms with Crippen molar-refractivity contribution < 1.29 is 45.3 Å². The van der Waals surface area contributed by atoms with Crippen LogP contribution in [0.4, 0.5) is 26.3 Å². The number of alkyl halides is 6. The molecule has 1 heterocycles. The van der Waals surface area contributed by atoms with Gasteiger partial charge in [-0.15, -0.1) is 0 Å². The number of ether oxygens (including phenoxy) is 3. The van der Waals surface area contributed by atoms with E-state index in [-0.39, 0.29) is 48.0 Å². The van der Waals surface area contributed by atoms with E-state index < -0.39 is 47.8 Å². The van der Waals surface area contributed by atoms with Crippen molar-refractivity contribution in [1.82, 2.24) is 4.90 Å². The molecule has 0 amide bonds. The quantitative estimate of drug-likeness (QED) is 0.265. The highest BCUT2D eigenvalue weighted by molar-refractivity contribution is 6.31. The highest BCUT2D eigenvalue weighted by Gasteiger charge is 2.38. The smallest absolute Gasteiger partial charge is 0.416 e. The van der Waals surface area contributed by atoms with Crippen molar-refractivity contribution in [2.75, 3.05) is 26.2 Å². The number of hydrogen-bond acceptors (Lipinski definition) is 5. The van der Waals surface area contributed by atoms with Gasteiger partial charge in [-0.25, -0.2) is 0 Å². The summed E-state index contributed by atoms with van der Waals surface area (Å²) >= 11 is 5.91. The van der Waals surface area contributed by atoms with E-state index in [1.54, 1.807) is 20.8 Å². The van der Waals surface area contributed by atoms with Crippen LogP contribution in [-0.2, 0) is 33.2 Å². The zero-order valence-corrected chi connectivity index (χ0v) is 21.8. The van der Waals surface area contributed by atoms with E-state index in [0.717, 1.165) is 18.2 Å². The average molecular weight is 568 g/mol. The minimum absolute atomic E-state index is 0.0743. The van der Waals surface area contributed by atoms with Crippen molar-refractivity contribution in [3.05, 3.63) is 63.7 Å². The van der Waals surface area contributed by atoms with Gasteiger partial charge >= 0.3 is 18.3 Å². The molecule has 38 heavy (non-hydrogen) atoms. The van der Waals surface area contributed by atoms with Crippen LogP contribution >= 0.6 is 11.6 Å². The predicted octanol–water partition coefficient (Wildman–Crippen LogP) is 7.06. The fourth-order valence-electron chi connectivity index (χ4n) is 4.01. The van der Waals surface area contributed by atoms with Crippen molar-refractivity contribution in [3.8, 4) is 5.75 Å². The van der Waals surface area contributed by atoms with Gasteiger partial charge < -0.3 is 14.2 Å². The van der Waals surface area contributed by atoms with Gasteiger partial charge in [-0.2, -0.15) is 26.3 Å². The number of benzene rings is 2. The van der Waals surface area contributed by atoms with Gasteiger partial charge in [-0.05, 0) is 50.6 Å². The van der Waals surface area contributed by atoms with Crippen molar-refractivity contribution >= 4 is 17.6 Å². The molecule has 0 spiro atoms. The first-order valence-corrected chi connectivity index (χ1v) is 12.2. The SMILES string of the molecule is CC(C)(C)OC(=O)CCN1CCOC(c2ccc(OCc3c(Cl)cccc3C(F)(F)F)cc2C(F)(F)F)C1. The minimum Gasteiger partial charge on any atom is -0.489 e. The molecule has 3 rings (SSSR count). The van der Waals surface area contributed by atoms with E-state index in [1.165, 1.54) is 18.2 Å². The van der Waals surface area contributed by atoms with Gasteiger partial charge in [0.1, 0.15) is 18.0 Å². The van der Waals surface area contributed by atoms with Crippen LogP contribution in [0.2, 0.25) is 5.02 Å². The molecule has 0 bridgehead atoms. The van der Waals surface area contributed by atoms with Crippen molar-refractivity contribution in [1.29, 1.82) is 0 Å². The summed E-state index contributed by atoms with van der Waals surface area (Å²) in [5.74, 6) is -0.683. The molecule has 1 aliphatic rings. The third-order valence-corrected chi connectivity index (χ3v) is 6.04. The molecule has 210 valence electrons. The fraction of sp³-hybridized carbons (Fsp3) is 0.500. The molecule has 1 aliphatic heterocycles. The van der Waals surface area contributed by atoms with Crippen LogP contribution in [0.25, 0.3) is 0 Å². The van der Waals surface area contributed by atoms with Crippen molar-refractivity contribution in [2.45, 2.75) is 57.9 Å². The Kier molecular flexibility index (Phi) is 9.26. The standard InChI is InChI=1S/C26H28ClF6NO4/c1-24(2,3)38-23(35)9-10-34-11-12-36-22(14-34)17-8-7-16(13-20(17)26(31,32)33)37-15-18-19(25(28,29)30)5-4-6-21(18)27/h4-8,13,22H,9-12,14-15H2,1-3H3. The maximum Gasteiger partial charge on any atom is 0.416 e. The molecule has 0 saturated carbocycles. The second-order valence-electron chi connectivity index (χ2n) is 9.80. The molecule has 12 heteroatoms. The first-order valence-electron chi connectivity index (χ1n) is 11.8. The van der Waals surface area contributed by atoms with Gasteiger partial charge in [0.15, 0.2) is 0 Å². The number of carbonyl (C=O) groups excluding carboxylic acids is 1. The molecular formula is C26H28ClF6NO4. The van der Waals surface area contributed by atoms with E-state index >= 15 is 0 Å². The summed E-state index contributed by atoms with van der Waals surface area (Å²) in [7, 11) is 0. The van der Waals surface area contributed by atoms with Gasteiger partial charge in [0, 0.05) is 30.2 Å². The number of hydrogen-bond donors (Lipinski definition) is 0. The summed E-state index contributed by atoms with van der Waals surface area (Å²) < 4.78 is 98.2. The summed E-state index contributed by atoms with van der Waals surface area (Å²) in [6, 6.07) is 6.38. The van der Waals surface area contributed by atoms with E-state index in [2.05, 4.69) is 0 Å². The molecule has 1 unspecified atom stereocenters. The largest absolute Gasteiger partial charge is 0.489 e. The highest BCUT2D eigenvalue weighted by atomic mass is 35.5. The molecule has 2 aromatic rings. The Morgan fingerprint density at radius 3 is 2.37 bits per heavy atom. The van der Waals surface area contributed by atoms with Crippen LogP contribution in [0.1, 0.15) is 55.5 Å². The Morgan fingerprint density at radius 1 is 1.05 bits per heavy atom. The van der Waals surface area contributed by atoms with Crippen LogP contribution in [-0.4, -0.2) is 42.7 Å². The lowest BCUT2D eigenvalue weighted by Crippen LogP contribution is -2.40. The summed E-state index contributed by atoms with van der Waals surface area (Å²) in [6.07, 6.45) is -10.4. The van der Waals surface area contributed by atoms with Crippen molar-refractivity contribution in [3.63, 3.8) is 0 Å². The minimum atomic E-state index is -4.78. The lowest BCUT2D eigenvalue weighted by Gasteiger charge is -2.34. The first-order chi connectivity index (χ1) is 17.5. The number of rotatable bonds is 7. The highest BCUT2D eigenvalue weighted by Crippen LogP contribution is 2.40. The molecule has 0 aromatic heterocycles. The predicted molar refractivity (Wildman–Crippen MR) is 128 cm³/mol. The summed E-state index contributed by atoms with van der Waals surface area (Å²) in [5, 5.41) is -0.213. The van der Waals surface area contributed by atoms with E-state index in [4.69, 9.17) is 25.8 Å². The van der Waals surface area contributed by atoms with Crippen LogP contribution in [0.5, 0.6) is 5.75 Å². The monoisotopic (exact) mass is 567 g/mol. The van der Waals surface area contributed by atoms with E-state index in [0.29, 0.717) is 6.54 Å². The second-order valence-corrected chi connectivity index (χ2v) is 10.2.